The van der Waals surface area contributed by atoms with Crippen LogP contribution in [0.4, 0.5) is 18.9 Å². The highest BCUT2D eigenvalue weighted by molar-refractivity contribution is 5.58. The van der Waals surface area contributed by atoms with E-state index in [4.69, 9.17) is 10.5 Å². The van der Waals surface area contributed by atoms with E-state index in [1.54, 1.807) is 12.1 Å². The molecule has 2 N–H and O–H groups in total. The fourth-order valence-corrected chi connectivity index (χ4v) is 2.33. The Morgan fingerprint density at radius 2 is 2.05 bits per heavy atom. The molecule has 1 aromatic rings. The fourth-order valence-electron chi connectivity index (χ4n) is 2.33. The average molecular weight is 304 g/mol. The molecule has 0 aromatic heterocycles. The predicted molar refractivity (Wildman–Crippen MR) is 73.4 cm³/mol. The molecule has 21 heavy (non-hydrogen) atoms. The number of ether oxygens (including phenoxy) is 2. The van der Waals surface area contributed by atoms with Crippen LogP contribution in [0.2, 0.25) is 0 Å². The summed E-state index contributed by atoms with van der Waals surface area (Å²) < 4.78 is 45.8. The van der Waals surface area contributed by atoms with Crippen molar-refractivity contribution in [3.8, 4) is 5.75 Å². The van der Waals surface area contributed by atoms with Gasteiger partial charge in [-0.05, 0) is 25.0 Å². The van der Waals surface area contributed by atoms with Crippen molar-refractivity contribution in [2.24, 2.45) is 5.73 Å². The number of para-hydroxylation sites is 2. The molecule has 4 nitrogen and oxygen atoms in total. The lowest BCUT2D eigenvalue weighted by Gasteiger charge is -2.33. The van der Waals surface area contributed by atoms with Gasteiger partial charge in [0, 0.05) is 19.1 Å². The highest BCUT2D eigenvalue weighted by atomic mass is 19.4. The minimum Gasteiger partial charge on any atom is -0.465 e. The Kier molecular flexibility index (Phi) is 5.30. The number of anilines is 1. The number of halogens is 3. The van der Waals surface area contributed by atoms with E-state index in [-0.39, 0.29) is 6.04 Å². The average Bonchev–Trinajstić information content (AvgIpc) is 2.43. The summed E-state index contributed by atoms with van der Waals surface area (Å²) in [5, 5.41) is 0. The normalized spacial score (nSPS) is 19.6. The Morgan fingerprint density at radius 3 is 2.76 bits per heavy atom. The number of nitrogens with zero attached hydrogens (tertiary/aromatic N) is 1. The summed E-state index contributed by atoms with van der Waals surface area (Å²) in [6.45, 7) is -0.179. The Morgan fingerprint density at radius 1 is 1.29 bits per heavy atom. The highest BCUT2D eigenvalue weighted by Crippen LogP contribution is 2.30. The Balaban J connectivity index is 1.93. The number of rotatable bonds is 5. The highest BCUT2D eigenvalue weighted by Gasteiger charge is 2.27. The van der Waals surface area contributed by atoms with E-state index < -0.39 is 19.6 Å². The molecular weight excluding hydrogens is 285 g/mol. The minimum atomic E-state index is -4.34. The van der Waals surface area contributed by atoms with Crippen molar-refractivity contribution in [3.05, 3.63) is 24.3 Å². The van der Waals surface area contributed by atoms with Crippen molar-refractivity contribution in [2.45, 2.75) is 25.1 Å². The minimum absolute atomic E-state index is 0.105. The summed E-state index contributed by atoms with van der Waals surface area (Å²) in [6.07, 6.45) is -2.38. The lowest BCUT2D eigenvalue weighted by Crippen LogP contribution is -2.43. The lowest BCUT2D eigenvalue weighted by molar-refractivity contribution is -0.186. The Labute approximate surface area is 121 Å². The molecule has 2 rings (SSSR count). The molecule has 1 unspecified atom stereocenters. The molecule has 0 amide bonds. The van der Waals surface area contributed by atoms with Gasteiger partial charge in [-0.1, -0.05) is 12.1 Å². The fraction of sp³-hybridized carbons (Fsp3) is 0.571. The molecule has 0 radical (unpaired) electrons. The molecule has 1 atom stereocenters. The molecule has 1 aliphatic rings. The lowest BCUT2D eigenvalue weighted by atomic mass is 10.1. The summed E-state index contributed by atoms with van der Waals surface area (Å²) in [7, 11) is 0. The predicted octanol–water partition coefficient (Wildman–Crippen LogP) is 2.53. The third-order valence-corrected chi connectivity index (χ3v) is 3.23. The van der Waals surface area contributed by atoms with E-state index in [0.717, 1.165) is 25.1 Å². The van der Waals surface area contributed by atoms with E-state index >= 15 is 0 Å². The van der Waals surface area contributed by atoms with Gasteiger partial charge in [0.25, 0.3) is 0 Å². The molecule has 1 saturated heterocycles. The summed E-state index contributed by atoms with van der Waals surface area (Å²) >= 11 is 0. The first-order valence-corrected chi connectivity index (χ1v) is 6.82. The summed E-state index contributed by atoms with van der Waals surface area (Å²) in [4.78, 5) is 2.09. The van der Waals surface area contributed by atoms with Gasteiger partial charge in [0.2, 0.25) is 0 Å². The van der Waals surface area contributed by atoms with Crippen molar-refractivity contribution < 1.29 is 22.6 Å². The van der Waals surface area contributed by atoms with Gasteiger partial charge in [0.1, 0.15) is 12.4 Å². The second kappa shape index (κ2) is 7.00. The van der Waals surface area contributed by atoms with Gasteiger partial charge >= 0.3 is 6.18 Å². The maximum atomic E-state index is 12.0. The molecule has 1 aromatic carbocycles. The maximum absolute atomic E-state index is 12.0. The molecular formula is C14H19F3N2O2. The molecule has 7 heteroatoms. The van der Waals surface area contributed by atoms with Crippen molar-refractivity contribution in [2.75, 3.05) is 31.4 Å². The number of hydrogen-bond acceptors (Lipinski definition) is 4. The molecule has 0 spiro atoms. The molecule has 0 aliphatic carbocycles. The summed E-state index contributed by atoms with van der Waals surface area (Å²) in [5.41, 5.74) is 6.79. The van der Waals surface area contributed by atoms with Gasteiger partial charge in [-0.2, -0.15) is 13.2 Å². The van der Waals surface area contributed by atoms with Crippen LogP contribution in [0.25, 0.3) is 0 Å². The topological polar surface area (TPSA) is 47.7 Å². The third-order valence-electron chi connectivity index (χ3n) is 3.23. The Bertz CT molecular complexity index is 454. The van der Waals surface area contributed by atoms with Gasteiger partial charge in [-0.15, -0.1) is 0 Å². The number of benzene rings is 1. The van der Waals surface area contributed by atoms with Crippen molar-refractivity contribution in [3.63, 3.8) is 0 Å². The Hall–Kier alpha value is -1.47. The zero-order chi connectivity index (χ0) is 15.3. The standard InChI is InChI=1S/C14H19F3N2O2/c15-14(16,17)9-20-10-21-13-6-2-1-5-12(13)19-7-3-4-11(18)8-19/h1-2,5-6,11H,3-4,7-10,18H2. The zero-order valence-electron chi connectivity index (χ0n) is 11.6. The first kappa shape index (κ1) is 15.9. The first-order valence-electron chi connectivity index (χ1n) is 6.82. The van der Waals surface area contributed by atoms with Crippen LogP contribution in [0.5, 0.6) is 5.75 Å². The van der Waals surface area contributed by atoms with Crippen LogP contribution in [0.15, 0.2) is 24.3 Å². The third kappa shape index (κ3) is 5.09. The van der Waals surface area contributed by atoms with Crippen molar-refractivity contribution in [1.29, 1.82) is 0 Å². The van der Waals surface area contributed by atoms with Gasteiger partial charge in [-0.25, -0.2) is 0 Å². The SMILES string of the molecule is NC1CCCN(c2ccccc2OCOCC(F)(F)F)C1. The summed E-state index contributed by atoms with van der Waals surface area (Å²) in [5.74, 6) is 0.508. The smallest absolute Gasteiger partial charge is 0.411 e. The quantitative estimate of drug-likeness (QED) is 0.671. The molecule has 0 saturated carbocycles. The maximum Gasteiger partial charge on any atom is 0.411 e. The van der Waals surface area contributed by atoms with Crippen molar-refractivity contribution >= 4 is 5.69 Å². The molecule has 1 aliphatic heterocycles. The molecule has 0 bridgehead atoms. The van der Waals surface area contributed by atoms with E-state index in [2.05, 4.69) is 9.64 Å². The second-order valence-electron chi connectivity index (χ2n) is 5.04. The van der Waals surface area contributed by atoms with E-state index in [0.29, 0.717) is 12.3 Å². The number of piperidine rings is 1. The number of hydrogen-bond donors (Lipinski definition) is 1. The molecule has 118 valence electrons. The second-order valence-corrected chi connectivity index (χ2v) is 5.04. The van der Waals surface area contributed by atoms with Crippen molar-refractivity contribution in [1.82, 2.24) is 0 Å². The number of nitrogens with two attached hydrogens (primary N) is 1. The van der Waals surface area contributed by atoms with E-state index in [1.165, 1.54) is 0 Å². The largest absolute Gasteiger partial charge is 0.465 e. The van der Waals surface area contributed by atoms with Crippen LogP contribution >= 0.6 is 0 Å². The van der Waals surface area contributed by atoms with Gasteiger partial charge in [0.15, 0.2) is 6.79 Å². The zero-order valence-corrected chi connectivity index (χ0v) is 11.6. The van der Waals surface area contributed by atoms with Crippen LogP contribution in [-0.4, -0.2) is 38.7 Å². The van der Waals surface area contributed by atoms with Gasteiger partial charge in [0.05, 0.1) is 5.69 Å². The molecule has 1 heterocycles. The monoisotopic (exact) mass is 304 g/mol. The first-order chi connectivity index (χ1) is 9.96. The van der Waals surface area contributed by atoms with Crippen LogP contribution in [0, 0.1) is 0 Å². The van der Waals surface area contributed by atoms with E-state index in [1.807, 2.05) is 12.1 Å². The number of alkyl halides is 3. The molecule has 1 fully saturated rings. The summed E-state index contributed by atoms with van der Waals surface area (Å²) in [6, 6.07) is 7.32. The van der Waals surface area contributed by atoms with Crippen LogP contribution in [0.1, 0.15) is 12.8 Å². The van der Waals surface area contributed by atoms with Crippen LogP contribution < -0.4 is 15.4 Å². The van der Waals surface area contributed by atoms with Crippen LogP contribution in [0.3, 0.4) is 0 Å². The van der Waals surface area contributed by atoms with Crippen LogP contribution in [-0.2, 0) is 4.74 Å². The van der Waals surface area contributed by atoms with Gasteiger partial charge < -0.3 is 20.1 Å². The van der Waals surface area contributed by atoms with E-state index in [9.17, 15) is 13.2 Å². The van der Waals surface area contributed by atoms with Gasteiger partial charge in [-0.3, -0.25) is 0 Å².